The summed E-state index contributed by atoms with van der Waals surface area (Å²) < 4.78 is 0. The molecule has 0 saturated carbocycles. The van der Waals surface area contributed by atoms with E-state index in [4.69, 9.17) is 11.5 Å². The van der Waals surface area contributed by atoms with Gasteiger partial charge in [0.05, 0.1) is 0 Å². The molecule has 0 aromatic heterocycles. The summed E-state index contributed by atoms with van der Waals surface area (Å²) in [6.45, 7) is 4.11. The third-order valence-corrected chi connectivity index (χ3v) is 3.62. The molecule has 0 aliphatic carbocycles. The van der Waals surface area contributed by atoms with Crippen molar-refractivity contribution in [2.75, 3.05) is 26.2 Å². The Hall–Kier alpha value is 0.477. The van der Waals surface area contributed by atoms with E-state index >= 15 is 0 Å². The SMILES string of the molecule is NCCCCCCCCNCCCCCCCCN.[LiH]. The molecule has 20 heavy (non-hydrogen) atoms. The first-order valence-electron chi connectivity index (χ1n) is 8.52. The van der Waals surface area contributed by atoms with Crippen molar-refractivity contribution in [1.29, 1.82) is 0 Å². The van der Waals surface area contributed by atoms with Crippen molar-refractivity contribution < 1.29 is 0 Å². The summed E-state index contributed by atoms with van der Waals surface area (Å²) in [5, 5.41) is 3.55. The zero-order valence-electron chi connectivity index (χ0n) is 13.0. The molecule has 0 aliphatic heterocycles. The number of hydrogen-bond acceptors (Lipinski definition) is 3. The monoisotopic (exact) mass is 279 g/mol. The topological polar surface area (TPSA) is 64.1 Å². The van der Waals surface area contributed by atoms with Crippen LogP contribution in [0.15, 0.2) is 0 Å². The quantitative estimate of drug-likeness (QED) is 0.300. The van der Waals surface area contributed by atoms with E-state index in [2.05, 4.69) is 5.32 Å². The maximum atomic E-state index is 5.47. The maximum absolute atomic E-state index is 5.47. The van der Waals surface area contributed by atoms with E-state index in [1.165, 1.54) is 90.1 Å². The fourth-order valence-electron chi connectivity index (χ4n) is 2.33. The molecule has 0 radical (unpaired) electrons. The van der Waals surface area contributed by atoms with Gasteiger partial charge in [-0.15, -0.1) is 0 Å². The van der Waals surface area contributed by atoms with Gasteiger partial charge in [-0.25, -0.2) is 0 Å². The molecular weight excluding hydrogens is 241 g/mol. The summed E-state index contributed by atoms with van der Waals surface area (Å²) in [6.07, 6.45) is 15.9. The summed E-state index contributed by atoms with van der Waals surface area (Å²) in [5.41, 5.74) is 10.9. The summed E-state index contributed by atoms with van der Waals surface area (Å²) in [5.74, 6) is 0. The van der Waals surface area contributed by atoms with E-state index in [-0.39, 0.29) is 18.9 Å². The van der Waals surface area contributed by atoms with Crippen molar-refractivity contribution >= 4 is 18.9 Å². The van der Waals surface area contributed by atoms with Gasteiger partial charge < -0.3 is 16.8 Å². The van der Waals surface area contributed by atoms with E-state index in [1.807, 2.05) is 0 Å². The molecule has 0 spiro atoms. The molecule has 0 saturated heterocycles. The predicted molar refractivity (Wildman–Crippen MR) is 93.5 cm³/mol. The van der Waals surface area contributed by atoms with Crippen molar-refractivity contribution in [3.8, 4) is 0 Å². The van der Waals surface area contributed by atoms with Crippen molar-refractivity contribution in [1.82, 2.24) is 5.32 Å². The molecule has 0 fully saturated rings. The van der Waals surface area contributed by atoms with E-state index in [0.29, 0.717) is 0 Å². The zero-order chi connectivity index (χ0) is 14.0. The molecule has 118 valence electrons. The Kier molecular flexibility index (Phi) is 24.8. The summed E-state index contributed by atoms with van der Waals surface area (Å²) in [6, 6.07) is 0. The molecule has 0 heterocycles. The molecule has 0 rings (SSSR count). The molecule has 4 heteroatoms. The fraction of sp³-hybridized carbons (Fsp3) is 1.00. The Bertz CT molecular complexity index is 141. The van der Waals surface area contributed by atoms with Gasteiger partial charge in [0, 0.05) is 0 Å². The van der Waals surface area contributed by atoms with Crippen LogP contribution in [0.2, 0.25) is 0 Å². The molecule has 0 aromatic carbocycles. The van der Waals surface area contributed by atoms with Crippen LogP contribution < -0.4 is 16.8 Å². The molecule has 5 N–H and O–H groups in total. The van der Waals surface area contributed by atoms with Gasteiger partial charge in [0.2, 0.25) is 0 Å². The van der Waals surface area contributed by atoms with E-state index in [1.54, 1.807) is 0 Å². The average molecular weight is 279 g/mol. The first-order valence-corrected chi connectivity index (χ1v) is 8.52. The number of hydrogen-bond donors (Lipinski definition) is 3. The van der Waals surface area contributed by atoms with E-state index in [9.17, 15) is 0 Å². The molecule has 0 unspecified atom stereocenters. The predicted octanol–water partition coefficient (Wildman–Crippen LogP) is 2.53. The van der Waals surface area contributed by atoms with Gasteiger partial charge in [-0.2, -0.15) is 0 Å². The van der Waals surface area contributed by atoms with Gasteiger partial charge in [-0.05, 0) is 51.9 Å². The van der Waals surface area contributed by atoms with Gasteiger partial charge in [0.15, 0.2) is 0 Å². The van der Waals surface area contributed by atoms with Gasteiger partial charge in [-0.1, -0.05) is 51.4 Å². The third kappa shape index (κ3) is 20.8. The van der Waals surface area contributed by atoms with Crippen LogP contribution in [0.25, 0.3) is 0 Å². The summed E-state index contributed by atoms with van der Waals surface area (Å²) in [7, 11) is 0. The van der Waals surface area contributed by atoms with Crippen LogP contribution in [-0.4, -0.2) is 45.0 Å². The molecule has 3 nitrogen and oxygen atoms in total. The molecule has 0 amide bonds. The Morgan fingerprint density at radius 2 is 0.750 bits per heavy atom. The van der Waals surface area contributed by atoms with Crippen LogP contribution in [0.3, 0.4) is 0 Å². The average Bonchev–Trinajstić information content (AvgIpc) is 2.43. The second-order valence-corrected chi connectivity index (χ2v) is 5.57. The minimum atomic E-state index is 0. The van der Waals surface area contributed by atoms with Crippen LogP contribution in [-0.2, 0) is 0 Å². The molecule has 0 aromatic rings. The Balaban J connectivity index is 0. The van der Waals surface area contributed by atoms with Crippen LogP contribution in [0.5, 0.6) is 0 Å². The number of nitrogens with one attached hydrogen (secondary N) is 1. The number of unbranched alkanes of at least 4 members (excludes halogenated alkanes) is 10. The van der Waals surface area contributed by atoms with E-state index < -0.39 is 0 Å². The van der Waals surface area contributed by atoms with Crippen molar-refractivity contribution in [2.45, 2.75) is 77.0 Å². The Morgan fingerprint density at radius 1 is 0.450 bits per heavy atom. The molecule has 0 aliphatic rings. The van der Waals surface area contributed by atoms with Crippen LogP contribution in [0.1, 0.15) is 77.0 Å². The van der Waals surface area contributed by atoms with Crippen LogP contribution >= 0.6 is 0 Å². The van der Waals surface area contributed by atoms with Crippen molar-refractivity contribution in [3.63, 3.8) is 0 Å². The number of nitrogens with two attached hydrogens (primary N) is 2. The summed E-state index contributed by atoms with van der Waals surface area (Å²) in [4.78, 5) is 0. The molecule has 0 bridgehead atoms. The van der Waals surface area contributed by atoms with Gasteiger partial charge in [0.1, 0.15) is 0 Å². The Labute approximate surface area is 139 Å². The van der Waals surface area contributed by atoms with Crippen LogP contribution in [0.4, 0.5) is 0 Å². The Morgan fingerprint density at radius 3 is 1.10 bits per heavy atom. The van der Waals surface area contributed by atoms with E-state index in [0.717, 1.165) is 13.1 Å². The number of rotatable bonds is 16. The van der Waals surface area contributed by atoms with Crippen molar-refractivity contribution in [2.24, 2.45) is 11.5 Å². The van der Waals surface area contributed by atoms with Gasteiger partial charge >= 0.3 is 18.9 Å². The standard InChI is InChI=1S/C16H37N3.Li.H/c17-13-9-5-1-3-7-11-15-19-16-12-8-4-2-6-10-14-18;;/h19H,1-18H2;;. The summed E-state index contributed by atoms with van der Waals surface area (Å²) >= 11 is 0. The van der Waals surface area contributed by atoms with Crippen molar-refractivity contribution in [3.05, 3.63) is 0 Å². The normalized spacial score (nSPS) is 10.5. The first-order chi connectivity index (χ1) is 9.41. The second kappa shape index (κ2) is 21.8. The zero-order valence-corrected chi connectivity index (χ0v) is 13.0. The molecule has 0 atom stereocenters. The molecular formula is C16H38LiN3. The van der Waals surface area contributed by atoms with Gasteiger partial charge in [0.25, 0.3) is 0 Å². The van der Waals surface area contributed by atoms with Crippen LogP contribution in [0, 0.1) is 0 Å². The minimum absolute atomic E-state index is 0. The first kappa shape index (κ1) is 22.8. The second-order valence-electron chi connectivity index (χ2n) is 5.57. The fourth-order valence-corrected chi connectivity index (χ4v) is 2.33. The third-order valence-electron chi connectivity index (χ3n) is 3.62. The van der Waals surface area contributed by atoms with Gasteiger partial charge in [-0.3, -0.25) is 0 Å².